The molecule has 14 heteroatoms. The maximum Gasteiger partial charge on any atom is 0.490 e. The van der Waals surface area contributed by atoms with Crippen LogP contribution in [0.5, 0.6) is 0 Å². The number of hydrogen-bond acceptors (Lipinski definition) is 6. The van der Waals surface area contributed by atoms with Crippen LogP contribution >= 0.6 is 0 Å². The molecule has 0 saturated heterocycles. The van der Waals surface area contributed by atoms with Crippen molar-refractivity contribution in [2.24, 2.45) is 5.73 Å². The van der Waals surface area contributed by atoms with E-state index in [9.17, 15) is 32.3 Å². The van der Waals surface area contributed by atoms with E-state index in [0.717, 1.165) is 0 Å². The highest BCUT2D eigenvalue weighted by Gasteiger charge is 2.38. The maximum atomic E-state index is 11.0. The Morgan fingerprint density at radius 3 is 1.30 bits per heavy atom. The number of carbonyl (C=O) groups excluding carboxylic acids is 2. The molecule has 0 spiro atoms. The maximum absolute atomic E-state index is 11.0. The number of nitrogens with two attached hydrogens (primary N) is 1. The average molecular weight is 347 g/mol. The number of carboxylic acid groups (broad SMARTS) is 3. The Labute approximate surface area is 125 Å². The number of aliphatic carboxylic acids is 3. The summed E-state index contributed by atoms with van der Waals surface area (Å²) in [5.74, 6) is -7.32. The van der Waals surface area contributed by atoms with Crippen LogP contribution in [-0.2, 0) is 24.0 Å². The minimum atomic E-state index is -5.08. The van der Waals surface area contributed by atoms with Crippen LogP contribution in [0.15, 0.2) is 0 Å². The van der Waals surface area contributed by atoms with Gasteiger partial charge in [-0.2, -0.15) is 13.2 Å². The van der Waals surface area contributed by atoms with Crippen molar-refractivity contribution in [2.75, 3.05) is 13.1 Å². The minimum absolute atomic E-state index is 0.668. The number of rotatable bonds is 6. The molecule has 0 saturated carbocycles. The minimum Gasteiger partial charge on any atom is -0.480 e. The van der Waals surface area contributed by atoms with Crippen molar-refractivity contribution in [3.8, 4) is 0 Å². The molecule has 0 rings (SSSR count). The second-order valence-electron chi connectivity index (χ2n) is 3.50. The number of alkyl halides is 3. The smallest absolute Gasteiger partial charge is 0.480 e. The summed E-state index contributed by atoms with van der Waals surface area (Å²) in [6.45, 7) is -1.34. The van der Waals surface area contributed by atoms with Gasteiger partial charge >= 0.3 is 24.1 Å². The second kappa shape index (κ2) is 9.93. The topological polar surface area (TPSA) is 196 Å². The zero-order valence-electron chi connectivity index (χ0n) is 11.1. The molecule has 0 aromatic heterocycles. The number of halogens is 3. The van der Waals surface area contributed by atoms with Crippen molar-refractivity contribution in [1.29, 1.82) is 0 Å². The average Bonchev–Trinajstić information content (AvgIpc) is 2.40. The van der Waals surface area contributed by atoms with Gasteiger partial charge in [0.05, 0.1) is 0 Å². The molecule has 0 bridgehead atoms. The third-order valence-electron chi connectivity index (χ3n) is 1.64. The summed E-state index contributed by atoms with van der Waals surface area (Å²) in [5.41, 5.74) is 5.12. The molecule has 0 fully saturated rings. The monoisotopic (exact) mass is 347 g/mol. The summed E-state index contributed by atoms with van der Waals surface area (Å²) in [5, 5.41) is 27.3. The van der Waals surface area contributed by atoms with Gasteiger partial charge in [0, 0.05) is 0 Å². The molecule has 2 amide bonds. The Kier molecular flexibility index (Phi) is 9.67. The van der Waals surface area contributed by atoms with Crippen LogP contribution in [0, 0.1) is 0 Å². The standard InChI is InChI=1S/C7H11N3O6.C2HF3O2/c8-5(6(15)9-1-3(11)12)7(16)10-2-4(13)14;3-2(4,5)1(6)7/h5H,1-2,8H2,(H,9,15)(H,10,16)(H,11,12)(H,13,14);(H,6,7). The van der Waals surface area contributed by atoms with Gasteiger partial charge in [-0.05, 0) is 0 Å². The van der Waals surface area contributed by atoms with Crippen molar-refractivity contribution < 1.29 is 52.5 Å². The second-order valence-corrected chi connectivity index (χ2v) is 3.50. The highest BCUT2D eigenvalue weighted by atomic mass is 19.4. The molecule has 0 aromatic rings. The van der Waals surface area contributed by atoms with Gasteiger partial charge in [-0.25, -0.2) is 4.79 Å². The first kappa shape index (κ1) is 22.4. The fourth-order valence-electron chi connectivity index (χ4n) is 0.664. The van der Waals surface area contributed by atoms with Gasteiger partial charge in [0.15, 0.2) is 6.04 Å². The van der Waals surface area contributed by atoms with Gasteiger partial charge in [0.2, 0.25) is 11.8 Å². The van der Waals surface area contributed by atoms with Gasteiger partial charge in [-0.3, -0.25) is 19.2 Å². The third-order valence-corrected chi connectivity index (χ3v) is 1.64. The van der Waals surface area contributed by atoms with Crippen LogP contribution in [-0.4, -0.2) is 70.3 Å². The Morgan fingerprint density at radius 2 is 1.13 bits per heavy atom. The zero-order valence-corrected chi connectivity index (χ0v) is 11.1. The zero-order chi connectivity index (χ0) is 18.8. The molecule has 0 radical (unpaired) electrons. The summed E-state index contributed by atoms with van der Waals surface area (Å²) in [7, 11) is 0. The molecular weight excluding hydrogens is 335 g/mol. The van der Waals surface area contributed by atoms with Crippen molar-refractivity contribution >= 4 is 29.7 Å². The molecule has 0 aliphatic carbocycles. The highest BCUT2D eigenvalue weighted by molar-refractivity contribution is 6.05. The van der Waals surface area contributed by atoms with Gasteiger partial charge in [0.25, 0.3) is 0 Å². The Bertz CT molecular complexity index is 449. The Morgan fingerprint density at radius 1 is 0.870 bits per heavy atom. The number of hydrogen-bond donors (Lipinski definition) is 6. The van der Waals surface area contributed by atoms with Crippen LogP contribution in [0.25, 0.3) is 0 Å². The van der Waals surface area contributed by atoms with E-state index < -0.39 is 55.0 Å². The van der Waals surface area contributed by atoms with Crippen LogP contribution < -0.4 is 16.4 Å². The van der Waals surface area contributed by atoms with Gasteiger partial charge in [-0.1, -0.05) is 0 Å². The third kappa shape index (κ3) is 12.5. The van der Waals surface area contributed by atoms with Crippen molar-refractivity contribution in [3.05, 3.63) is 0 Å². The lowest BCUT2D eigenvalue weighted by Gasteiger charge is -2.10. The van der Waals surface area contributed by atoms with E-state index in [1.165, 1.54) is 0 Å². The van der Waals surface area contributed by atoms with Crippen molar-refractivity contribution in [1.82, 2.24) is 10.6 Å². The quantitative estimate of drug-likeness (QED) is 0.278. The first-order valence-corrected chi connectivity index (χ1v) is 5.33. The van der Waals surface area contributed by atoms with E-state index in [0.29, 0.717) is 0 Å². The molecule has 11 nitrogen and oxygen atoms in total. The lowest BCUT2D eigenvalue weighted by atomic mass is 10.2. The molecule has 0 atom stereocenters. The van der Waals surface area contributed by atoms with Gasteiger partial charge < -0.3 is 31.7 Å². The van der Waals surface area contributed by atoms with E-state index in [1.54, 1.807) is 0 Å². The fourth-order valence-corrected chi connectivity index (χ4v) is 0.664. The molecule has 0 aliphatic rings. The van der Waals surface area contributed by atoms with Crippen molar-refractivity contribution in [2.45, 2.75) is 12.2 Å². The number of carboxylic acids is 3. The summed E-state index contributed by atoms with van der Waals surface area (Å²) in [6.07, 6.45) is -5.08. The SMILES string of the molecule is NC(C(=O)NCC(=O)O)C(=O)NCC(=O)O.O=C(O)C(F)(F)F. The van der Waals surface area contributed by atoms with Crippen LogP contribution in [0.3, 0.4) is 0 Å². The summed E-state index contributed by atoms with van der Waals surface area (Å²) in [4.78, 5) is 51.1. The van der Waals surface area contributed by atoms with Crippen LogP contribution in [0.4, 0.5) is 13.2 Å². The van der Waals surface area contributed by atoms with E-state index in [1.807, 2.05) is 10.6 Å². The van der Waals surface area contributed by atoms with E-state index in [-0.39, 0.29) is 0 Å². The lowest BCUT2D eigenvalue weighted by molar-refractivity contribution is -0.192. The number of amides is 2. The molecule has 7 N–H and O–H groups in total. The molecular formula is C9H12F3N3O8. The van der Waals surface area contributed by atoms with Crippen LogP contribution in [0.2, 0.25) is 0 Å². The summed E-state index contributed by atoms with van der Waals surface area (Å²) in [6, 6.07) is -1.64. The van der Waals surface area contributed by atoms with E-state index >= 15 is 0 Å². The molecule has 0 aromatic carbocycles. The predicted octanol–water partition coefficient (Wildman–Crippen LogP) is -2.65. The number of nitrogens with one attached hydrogen (secondary N) is 2. The van der Waals surface area contributed by atoms with Crippen LogP contribution in [0.1, 0.15) is 0 Å². The van der Waals surface area contributed by atoms with Gasteiger partial charge in [-0.15, -0.1) is 0 Å². The molecule has 0 unspecified atom stereocenters. The van der Waals surface area contributed by atoms with Gasteiger partial charge in [0.1, 0.15) is 13.1 Å². The number of carbonyl (C=O) groups is 5. The summed E-state index contributed by atoms with van der Waals surface area (Å²) >= 11 is 0. The molecule has 23 heavy (non-hydrogen) atoms. The summed E-state index contributed by atoms with van der Waals surface area (Å²) < 4.78 is 31.7. The Balaban J connectivity index is 0. The highest BCUT2D eigenvalue weighted by Crippen LogP contribution is 2.13. The van der Waals surface area contributed by atoms with E-state index in [2.05, 4.69) is 0 Å². The molecule has 132 valence electrons. The largest absolute Gasteiger partial charge is 0.490 e. The lowest BCUT2D eigenvalue weighted by Crippen LogP contribution is -2.52. The first-order chi connectivity index (χ1) is 10.3. The first-order valence-electron chi connectivity index (χ1n) is 5.33. The van der Waals surface area contributed by atoms with E-state index in [4.69, 9.17) is 25.8 Å². The molecule has 0 heterocycles. The predicted molar refractivity (Wildman–Crippen MR) is 63.0 cm³/mol. The van der Waals surface area contributed by atoms with Crippen molar-refractivity contribution in [3.63, 3.8) is 0 Å². The Hall–Kier alpha value is -2.90. The normalized spacial score (nSPS) is 10.1. The molecule has 0 aliphatic heterocycles. The fraction of sp³-hybridized carbons (Fsp3) is 0.444.